The summed E-state index contributed by atoms with van der Waals surface area (Å²) >= 11 is 3.80. The summed E-state index contributed by atoms with van der Waals surface area (Å²) in [5.41, 5.74) is 6.02. The second kappa shape index (κ2) is 11.3. The summed E-state index contributed by atoms with van der Waals surface area (Å²) in [5, 5.41) is 12.7. The molecule has 0 atom stereocenters. The van der Waals surface area contributed by atoms with E-state index in [1.54, 1.807) is 0 Å². The van der Waals surface area contributed by atoms with Crippen LogP contribution in [-0.4, -0.2) is 0 Å². The van der Waals surface area contributed by atoms with Crippen LogP contribution in [0.2, 0.25) is 0 Å². The molecule has 0 amide bonds. The van der Waals surface area contributed by atoms with E-state index in [0.29, 0.717) is 0 Å². The van der Waals surface area contributed by atoms with Gasteiger partial charge in [0.05, 0.1) is 5.69 Å². The van der Waals surface area contributed by atoms with Crippen molar-refractivity contribution in [1.29, 1.82) is 0 Å². The van der Waals surface area contributed by atoms with Gasteiger partial charge in [0.15, 0.2) is 0 Å². The third kappa shape index (κ3) is 4.52. The minimum absolute atomic E-state index is 1.14. The summed E-state index contributed by atoms with van der Waals surface area (Å²) in [4.78, 5) is 2.46. The number of hydrogen-bond donors (Lipinski definition) is 0. The van der Waals surface area contributed by atoms with Gasteiger partial charge >= 0.3 is 0 Å². The maximum Gasteiger partial charge on any atom is 0.0547 e. The van der Waals surface area contributed by atoms with Crippen LogP contribution in [0.15, 0.2) is 176 Å². The van der Waals surface area contributed by atoms with Gasteiger partial charge < -0.3 is 4.90 Å². The Morgan fingerprint density at radius 1 is 0.333 bits per heavy atom. The second-order valence-corrected chi connectivity index (χ2v) is 15.4. The van der Waals surface area contributed by atoms with Crippen LogP contribution in [-0.2, 0) is 0 Å². The van der Waals surface area contributed by atoms with E-state index < -0.39 is 0 Å². The summed E-state index contributed by atoms with van der Waals surface area (Å²) in [6.07, 6.45) is 0. The first-order chi connectivity index (χ1) is 25.3. The fourth-order valence-corrected chi connectivity index (χ4v) is 10.4. The molecule has 0 saturated heterocycles. The molecule has 0 aliphatic heterocycles. The second-order valence-electron chi connectivity index (χ2n) is 13.3. The lowest BCUT2D eigenvalue weighted by atomic mass is 9.98. The van der Waals surface area contributed by atoms with Gasteiger partial charge in [-0.15, -0.1) is 22.7 Å². The molecule has 0 bridgehead atoms. The summed E-state index contributed by atoms with van der Waals surface area (Å²) in [7, 11) is 0. The molecule has 11 rings (SSSR count). The molecule has 0 radical (unpaired) electrons. The SMILES string of the molecule is c1ccc2cc(N(c3ccc4ccccc4c3)c3cc4c5cc(-c6cccc7c6sc6ccccc67)ccc5sc4c4ccccc34)ccc2c1. The maximum atomic E-state index is 2.46. The summed E-state index contributed by atoms with van der Waals surface area (Å²) in [6.45, 7) is 0. The monoisotopic (exact) mass is 683 g/mol. The van der Waals surface area contributed by atoms with Gasteiger partial charge in [-0.25, -0.2) is 0 Å². The Labute approximate surface area is 302 Å². The van der Waals surface area contributed by atoms with Crippen LogP contribution in [0.1, 0.15) is 0 Å². The van der Waals surface area contributed by atoms with E-state index in [9.17, 15) is 0 Å². The number of benzene rings is 9. The average Bonchev–Trinajstić information content (AvgIpc) is 3.76. The van der Waals surface area contributed by atoms with Gasteiger partial charge in [-0.1, -0.05) is 127 Å². The molecule has 9 aromatic carbocycles. The molecule has 0 aliphatic rings. The van der Waals surface area contributed by atoms with Crippen molar-refractivity contribution in [1.82, 2.24) is 0 Å². The predicted molar refractivity (Wildman–Crippen MR) is 225 cm³/mol. The van der Waals surface area contributed by atoms with E-state index in [4.69, 9.17) is 0 Å². The molecular formula is C48H29NS2. The predicted octanol–water partition coefficient (Wildman–Crippen LogP) is 15.0. The van der Waals surface area contributed by atoms with Crippen LogP contribution in [0.5, 0.6) is 0 Å². The Kier molecular flexibility index (Phi) is 6.36. The molecule has 2 aromatic heterocycles. The van der Waals surface area contributed by atoms with Crippen LogP contribution in [0.4, 0.5) is 17.1 Å². The van der Waals surface area contributed by atoms with Gasteiger partial charge in [0, 0.05) is 62.5 Å². The van der Waals surface area contributed by atoms with Crippen molar-refractivity contribution >= 4 is 112 Å². The number of nitrogens with zero attached hydrogens (tertiary/aromatic N) is 1. The van der Waals surface area contributed by atoms with Crippen molar-refractivity contribution in [3.8, 4) is 11.1 Å². The fourth-order valence-electron chi connectivity index (χ4n) is 7.96. The van der Waals surface area contributed by atoms with Crippen LogP contribution in [0, 0.1) is 0 Å². The van der Waals surface area contributed by atoms with Gasteiger partial charge in [0.2, 0.25) is 0 Å². The van der Waals surface area contributed by atoms with Gasteiger partial charge in [-0.2, -0.15) is 0 Å². The zero-order valence-electron chi connectivity index (χ0n) is 27.5. The van der Waals surface area contributed by atoms with E-state index in [1.165, 1.54) is 89.5 Å². The van der Waals surface area contributed by atoms with E-state index in [0.717, 1.165) is 11.4 Å². The lowest BCUT2D eigenvalue weighted by Gasteiger charge is -2.28. The van der Waals surface area contributed by atoms with Gasteiger partial charge in [-0.3, -0.25) is 0 Å². The topological polar surface area (TPSA) is 3.24 Å². The van der Waals surface area contributed by atoms with Crippen LogP contribution in [0.25, 0.3) is 83.8 Å². The zero-order chi connectivity index (χ0) is 33.5. The molecule has 0 saturated carbocycles. The molecule has 3 heteroatoms. The van der Waals surface area contributed by atoms with E-state index in [2.05, 4.69) is 181 Å². The highest BCUT2D eigenvalue weighted by Crippen LogP contribution is 2.48. The number of rotatable bonds is 4. The molecule has 51 heavy (non-hydrogen) atoms. The highest BCUT2D eigenvalue weighted by molar-refractivity contribution is 7.27. The highest BCUT2D eigenvalue weighted by atomic mass is 32.1. The molecule has 0 N–H and O–H groups in total. The molecule has 0 unspecified atom stereocenters. The third-order valence-corrected chi connectivity index (χ3v) is 12.8. The maximum absolute atomic E-state index is 2.46. The van der Waals surface area contributed by atoms with Crippen molar-refractivity contribution in [2.75, 3.05) is 4.90 Å². The molecule has 0 aliphatic carbocycles. The first kappa shape index (κ1) is 28.8. The normalized spacial score (nSPS) is 11.9. The standard InChI is InChI=1S/C48H29NS2/c1-3-12-32-26-35(23-20-30(32)10-1)49(36-24-21-31-11-2-4-13-33(31)27-36)44-29-43-42-28-34(22-25-46(42)51-48(43)40-16-6-5-14-38(40)44)37-17-9-18-41-39-15-7-8-19-45(39)50-47(37)41/h1-29H. The van der Waals surface area contributed by atoms with Gasteiger partial charge in [0.1, 0.15) is 0 Å². The summed E-state index contributed by atoms with van der Waals surface area (Å²) < 4.78 is 5.32. The van der Waals surface area contributed by atoms with Crippen molar-refractivity contribution in [2.45, 2.75) is 0 Å². The average molecular weight is 684 g/mol. The third-order valence-electron chi connectivity index (χ3n) is 10.4. The van der Waals surface area contributed by atoms with Crippen LogP contribution in [0.3, 0.4) is 0 Å². The number of thiophene rings is 2. The minimum atomic E-state index is 1.14. The van der Waals surface area contributed by atoms with Crippen molar-refractivity contribution in [3.05, 3.63) is 176 Å². The minimum Gasteiger partial charge on any atom is -0.310 e. The smallest absolute Gasteiger partial charge is 0.0547 e. The molecule has 238 valence electrons. The molecule has 0 fully saturated rings. The molecule has 11 aromatic rings. The fraction of sp³-hybridized carbons (Fsp3) is 0. The van der Waals surface area contributed by atoms with Crippen molar-refractivity contribution < 1.29 is 0 Å². The number of anilines is 3. The first-order valence-electron chi connectivity index (χ1n) is 17.3. The Hall–Kier alpha value is -6.00. The van der Waals surface area contributed by atoms with Crippen LogP contribution < -0.4 is 4.90 Å². The van der Waals surface area contributed by atoms with Crippen LogP contribution >= 0.6 is 22.7 Å². The zero-order valence-corrected chi connectivity index (χ0v) is 29.1. The van der Waals surface area contributed by atoms with Crippen molar-refractivity contribution in [3.63, 3.8) is 0 Å². The largest absolute Gasteiger partial charge is 0.310 e. The van der Waals surface area contributed by atoms with Gasteiger partial charge in [0.25, 0.3) is 0 Å². The molecular weight excluding hydrogens is 655 g/mol. The molecule has 1 nitrogen and oxygen atoms in total. The quantitative estimate of drug-likeness (QED) is 0.178. The van der Waals surface area contributed by atoms with E-state index >= 15 is 0 Å². The Morgan fingerprint density at radius 2 is 0.902 bits per heavy atom. The Balaban J connectivity index is 1.19. The summed E-state index contributed by atoms with van der Waals surface area (Å²) in [6, 6.07) is 65.0. The number of hydrogen-bond acceptors (Lipinski definition) is 3. The highest BCUT2D eigenvalue weighted by Gasteiger charge is 2.21. The van der Waals surface area contributed by atoms with Crippen molar-refractivity contribution in [2.24, 2.45) is 0 Å². The first-order valence-corrected chi connectivity index (χ1v) is 19.0. The Bertz CT molecular complexity index is 3090. The lowest BCUT2D eigenvalue weighted by molar-refractivity contribution is 1.31. The van der Waals surface area contributed by atoms with E-state index in [1.807, 2.05) is 22.7 Å². The molecule has 0 spiro atoms. The van der Waals surface area contributed by atoms with Gasteiger partial charge in [-0.05, 0) is 81.2 Å². The summed E-state index contributed by atoms with van der Waals surface area (Å²) in [5.74, 6) is 0. The lowest BCUT2D eigenvalue weighted by Crippen LogP contribution is -2.10. The molecule has 2 heterocycles. The van der Waals surface area contributed by atoms with E-state index in [-0.39, 0.29) is 0 Å². The number of fused-ring (bicyclic) bond motifs is 10. The Morgan fingerprint density at radius 3 is 1.65 bits per heavy atom.